The summed E-state index contributed by atoms with van der Waals surface area (Å²) in [7, 11) is 0. The molecule has 0 saturated heterocycles. The van der Waals surface area contributed by atoms with Crippen LogP contribution in [0, 0.1) is 87.3 Å². The van der Waals surface area contributed by atoms with Crippen molar-refractivity contribution in [2.45, 2.75) is 0 Å². The monoisotopic (exact) mass is 952 g/mol. The molecule has 3 aromatic heterocycles. The van der Waals surface area contributed by atoms with Crippen LogP contribution in [-0.2, 0) is 0 Å². The first-order valence-corrected chi connectivity index (χ1v) is 18.7. The molecule has 2 N–H and O–H groups in total. The Morgan fingerprint density at radius 2 is 0.492 bits per heavy atom. The van der Waals surface area contributed by atoms with E-state index in [1.165, 1.54) is 18.2 Å². The number of rotatable bonds is 4. The smallest absolute Gasteiger partial charge is 0.200 e. The Morgan fingerprint density at radius 1 is 0.277 bits per heavy atom. The van der Waals surface area contributed by atoms with E-state index in [1.54, 1.807) is 0 Å². The molecule has 2 aliphatic rings. The summed E-state index contributed by atoms with van der Waals surface area (Å²) in [6.07, 6.45) is 3.72. The molecule has 2 aliphatic heterocycles. The average Bonchev–Trinajstić information content (AvgIpc) is 4.14. The molecular weight excluding hydrogens is 940 g/mol. The Kier molecular flexibility index (Phi) is 10.4. The van der Waals surface area contributed by atoms with Gasteiger partial charge >= 0.3 is 0 Å². The molecule has 7 aromatic rings. The Bertz CT molecular complexity index is 3370. The molecule has 0 amide bonds. The highest BCUT2D eigenvalue weighted by atomic mass is 35.5. The zero-order valence-corrected chi connectivity index (χ0v) is 32.7. The second-order valence-corrected chi connectivity index (χ2v) is 14.7. The van der Waals surface area contributed by atoms with Crippen LogP contribution in [0.3, 0.4) is 0 Å². The molecule has 328 valence electrons. The predicted octanol–water partition coefficient (Wildman–Crippen LogP) is 14.7. The number of aromatic amines is 2. The lowest BCUT2D eigenvalue weighted by Gasteiger charge is -2.12. The summed E-state index contributed by atoms with van der Waals surface area (Å²) in [4.78, 5) is 13.7. The van der Waals surface area contributed by atoms with Crippen molar-refractivity contribution in [3.8, 4) is 44.5 Å². The fraction of sp³-hybridized carbons (Fsp3) is 0. The van der Waals surface area contributed by atoms with Crippen molar-refractivity contribution in [3.05, 3.63) is 163 Å². The highest BCUT2D eigenvalue weighted by molar-refractivity contribution is 6.39. The molecule has 0 atom stereocenters. The van der Waals surface area contributed by atoms with Gasteiger partial charge in [0.15, 0.2) is 69.8 Å². The third-order valence-corrected chi connectivity index (χ3v) is 11.0. The van der Waals surface area contributed by atoms with Gasteiger partial charge in [-0.25, -0.2) is 75.8 Å². The van der Waals surface area contributed by atoms with Crippen LogP contribution in [0.5, 0.6) is 0 Å². The van der Waals surface area contributed by atoms with E-state index in [9.17, 15) is 39.5 Å². The second-order valence-electron chi connectivity index (χ2n) is 13.9. The lowest BCUT2D eigenvalue weighted by Crippen LogP contribution is -2.06. The van der Waals surface area contributed by atoms with Gasteiger partial charge in [-0.3, -0.25) is 0 Å². The van der Waals surface area contributed by atoms with E-state index >= 15 is 26.3 Å². The minimum absolute atomic E-state index is 0.0662. The molecule has 0 saturated carbocycles. The van der Waals surface area contributed by atoms with Crippen LogP contribution in [-0.4, -0.2) is 19.9 Å². The summed E-state index contributed by atoms with van der Waals surface area (Å²) in [6, 6.07) is 7.93. The minimum Gasteiger partial charge on any atom is -0.354 e. The van der Waals surface area contributed by atoms with Crippen LogP contribution in [0.15, 0.2) is 42.5 Å². The first kappa shape index (κ1) is 43.3. The van der Waals surface area contributed by atoms with Gasteiger partial charge in [-0.15, -0.1) is 0 Å². The molecule has 4 nitrogen and oxygen atoms in total. The third kappa shape index (κ3) is 6.49. The summed E-state index contributed by atoms with van der Waals surface area (Å²) in [5, 5.41) is -0.216. The molecule has 9 rings (SSSR count). The number of H-pyrrole nitrogens is 2. The van der Waals surface area contributed by atoms with Crippen molar-refractivity contribution in [2.75, 3.05) is 0 Å². The van der Waals surface area contributed by atoms with Gasteiger partial charge < -0.3 is 9.97 Å². The summed E-state index contributed by atoms with van der Waals surface area (Å²) >= 11 is 13.2. The normalized spacial score (nSPS) is 12.3. The molecule has 0 spiro atoms. The van der Waals surface area contributed by atoms with E-state index in [4.69, 9.17) is 23.2 Å². The Morgan fingerprint density at radius 3 is 0.738 bits per heavy atom. The Hall–Kier alpha value is -6.99. The topological polar surface area (TPSA) is 57.4 Å². The first-order valence-electron chi connectivity index (χ1n) is 18.0. The summed E-state index contributed by atoms with van der Waals surface area (Å²) in [6.45, 7) is 0. The van der Waals surface area contributed by atoms with Crippen molar-refractivity contribution < 1.29 is 65.9 Å². The Labute approximate surface area is 361 Å². The van der Waals surface area contributed by atoms with Crippen LogP contribution < -0.4 is 0 Å². The predicted molar refractivity (Wildman–Crippen MR) is 210 cm³/mol. The number of nitrogens with zero attached hydrogens (tertiary/aromatic N) is 2. The number of benzene rings is 4. The highest BCUT2D eigenvalue weighted by Crippen LogP contribution is 2.45. The van der Waals surface area contributed by atoms with E-state index in [1.807, 2.05) is 0 Å². The van der Waals surface area contributed by atoms with E-state index in [0.29, 0.717) is 0 Å². The quantitative estimate of drug-likeness (QED) is 0.105. The molecule has 0 radical (unpaired) electrons. The summed E-state index contributed by atoms with van der Waals surface area (Å²) in [5.41, 5.74) is -12.8. The largest absolute Gasteiger partial charge is 0.354 e. The second kappa shape index (κ2) is 15.6. The minimum atomic E-state index is -2.63. The van der Waals surface area contributed by atoms with Gasteiger partial charge in [-0.2, -0.15) is 0 Å². The van der Waals surface area contributed by atoms with E-state index in [0.717, 1.165) is 48.6 Å². The number of aromatic nitrogens is 4. The molecule has 65 heavy (non-hydrogen) atoms. The summed E-state index contributed by atoms with van der Waals surface area (Å²) < 4.78 is 228. The SMILES string of the molecule is Fc1c(F)c(F)c(-c2c3nc(c(-c4c(F)c(F)c(F)c(F)c4F)c4ccc([nH]4)c(-c4c(F)c(F)c(F)c(F)c4F)c4nc(c(-c5c(Cl)cccc5Cl)c5ccc2[nH]5)C=C4)C=C3)c(F)c1F. The van der Waals surface area contributed by atoms with Crippen molar-refractivity contribution in [2.24, 2.45) is 0 Å². The number of hydrogen-bond donors (Lipinski definition) is 2. The molecule has 8 bridgehead atoms. The van der Waals surface area contributed by atoms with Crippen LogP contribution in [0.25, 0.3) is 90.9 Å². The zero-order valence-electron chi connectivity index (χ0n) is 31.2. The van der Waals surface area contributed by atoms with Gasteiger partial charge in [0.1, 0.15) is 0 Å². The number of hydrogen-bond acceptors (Lipinski definition) is 2. The van der Waals surface area contributed by atoms with Crippen LogP contribution >= 0.6 is 23.2 Å². The summed E-state index contributed by atoms with van der Waals surface area (Å²) in [5.74, 6) is -37.1. The van der Waals surface area contributed by atoms with Gasteiger partial charge in [0, 0.05) is 49.9 Å². The van der Waals surface area contributed by atoms with Gasteiger partial charge in [0.2, 0.25) is 17.5 Å². The lowest BCUT2D eigenvalue weighted by molar-refractivity contribution is 0.381. The maximum absolute atomic E-state index is 15.8. The zero-order chi connectivity index (χ0) is 46.7. The van der Waals surface area contributed by atoms with Gasteiger partial charge in [0.25, 0.3) is 0 Å². The fourth-order valence-corrected chi connectivity index (χ4v) is 8.05. The van der Waals surface area contributed by atoms with E-state index in [-0.39, 0.29) is 32.4 Å². The molecule has 0 unspecified atom stereocenters. The van der Waals surface area contributed by atoms with Crippen molar-refractivity contribution in [3.63, 3.8) is 0 Å². The fourth-order valence-electron chi connectivity index (χ4n) is 7.47. The Balaban J connectivity index is 1.58. The first-order chi connectivity index (χ1) is 30.8. The van der Waals surface area contributed by atoms with Gasteiger partial charge in [-0.1, -0.05) is 29.3 Å². The van der Waals surface area contributed by atoms with Crippen molar-refractivity contribution in [1.82, 2.24) is 19.9 Å². The van der Waals surface area contributed by atoms with Gasteiger partial charge in [0.05, 0.1) is 49.5 Å². The molecule has 4 aromatic carbocycles. The van der Waals surface area contributed by atoms with Crippen molar-refractivity contribution >= 4 is 69.6 Å². The van der Waals surface area contributed by atoms with Crippen molar-refractivity contribution in [1.29, 1.82) is 0 Å². The van der Waals surface area contributed by atoms with Crippen LogP contribution in [0.2, 0.25) is 10.0 Å². The van der Waals surface area contributed by atoms with E-state index < -0.39 is 154 Å². The number of fused-ring (bicyclic) bond motifs is 8. The lowest BCUT2D eigenvalue weighted by atomic mass is 10.0. The molecule has 0 aliphatic carbocycles. The number of nitrogens with one attached hydrogen (secondary N) is 2. The van der Waals surface area contributed by atoms with Crippen LogP contribution in [0.4, 0.5) is 65.9 Å². The standard InChI is InChI=1S/C44H13Cl2F15N4/c45-12-2-1-3-13(46)22(12)23-14-4-6-16(62-14)24(27-30(47)36(53)42(59)37(54)31(27)48)18-8-10-20(64-18)26(29-34(51)40(57)44(61)41(58)35(29)52)21-11-9-19(65-21)25(17-7-5-15(23)63-17)28-32(49)38(55)43(60)39(56)33(28)50/h1-11,62,65H. The average molecular weight is 953 g/mol. The van der Waals surface area contributed by atoms with E-state index in [2.05, 4.69) is 19.9 Å². The molecular formula is C44H13Cl2F15N4. The molecule has 21 heteroatoms. The maximum Gasteiger partial charge on any atom is 0.200 e. The number of halogens is 17. The third-order valence-electron chi connectivity index (χ3n) is 10.3. The molecule has 5 heterocycles. The van der Waals surface area contributed by atoms with Gasteiger partial charge in [-0.05, 0) is 60.7 Å². The van der Waals surface area contributed by atoms with Crippen LogP contribution in [0.1, 0.15) is 22.8 Å². The molecule has 0 fully saturated rings. The maximum atomic E-state index is 15.8. The highest BCUT2D eigenvalue weighted by Gasteiger charge is 2.34.